The Kier molecular flexibility index (Phi) is 2.74. The number of ketones is 2. The van der Waals surface area contributed by atoms with Crippen molar-refractivity contribution in [1.29, 1.82) is 0 Å². The summed E-state index contributed by atoms with van der Waals surface area (Å²) in [6.45, 7) is 2.02. The van der Waals surface area contributed by atoms with Crippen molar-refractivity contribution in [2.24, 2.45) is 29.1 Å². The number of rotatable bonds is 0. The van der Waals surface area contributed by atoms with Crippen LogP contribution in [0.15, 0.2) is 11.6 Å². The Balaban J connectivity index is 1.68. The summed E-state index contributed by atoms with van der Waals surface area (Å²) in [6.07, 6.45) is 11.9. The molecule has 0 spiro atoms. The lowest BCUT2D eigenvalue weighted by Crippen LogP contribution is -2.45. The molecule has 3 saturated carbocycles. The maximum atomic E-state index is 12.2. The smallest absolute Gasteiger partial charge is 0.222 e. The van der Waals surface area contributed by atoms with Gasteiger partial charge in [-0.2, -0.15) is 0 Å². The third kappa shape index (κ3) is 1.57. The summed E-state index contributed by atoms with van der Waals surface area (Å²) in [7, 11) is 0. The van der Waals surface area contributed by atoms with Crippen LogP contribution in [0.5, 0.6) is 0 Å². The summed E-state index contributed by atoms with van der Waals surface area (Å²) in [4.78, 5) is 24.1. The second-order valence-corrected chi connectivity index (χ2v) is 7.72. The van der Waals surface area contributed by atoms with E-state index in [4.69, 9.17) is 0 Å². The molecule has 0 heterocycles. The van der Waals surface area contributed by atoms with Crippen LogP contribution in [0.4, 0.5) is 0 Å². The zero-order chi connectivity index (χ0) is 13.9. The van der Waals surface area contributed by atoms with Crippen LogP contribution in [0.2, 0.25) is 0 Å². The molecular weight excluding hydrogens is 248 g/mol. The Labute approximate surface area is 121 Å². The lowest BCUT2D eigenvalue weighted by Gasteiger charge is -2.51. The molecule has 5 atom stereocenters. The van der Waals surface area contributed by atoms with Gasteiger partial charge in [-0.05, 0) is 74.3 Å². The summed E-state index contributed by atoms with van der Waals surface area (Å²) >= 11 is 0. The normalized spacial score (nSPS) is 47.4. The van der Waals surface area contributed by atoms with Crippen LogP contribution < -0.4 is 0 Å². The largest absolute Gasteiger partial charge is 0.290 e. The highest BCUT2D eigenvalue weighted by atomic mass is 16.2. The van der Waals surface area contributed by atoms with Gasteiger partial charge >= 0.3 is 0 Å². The molecule has 0 saturated heterocycles. The van der Waals surface area contributed by atoms with E-state index in [-0.39, 0.29) is 11.6 Å². The Bertz CT molecular complexity index is 504. The first kappa shape index (κ1) is 12.8. The quantitative estimate of drug-likeness (QED) is 0.630. The minimum Gasteiger partial charge on any atom is -0.290 e. The minimum absolute atomic E-state index is 0.128. The summed E-state index contributed by atoms with van der Waals surface area (Å²) in [5.41, 5.74) is 0.785. The van der Waals surface area contributed by atoms with Crippen molar-refractivity contribution < 1.29 is 9.59 Å². The van der Waals surface area contributed by atoms with Crippen LogP contribution in [0.25, 0.3) is 0 Å². The summed E-state index contributed by atoms with van der Waals surface area (Å²) in [6, 6.07) is 0. The highest BCUT2D eigenvalue weighted by Crippen LogP contribution is 2.58. The molecule has 3 fully saturated rings. The fourth-order valence-electron chi connectivity index (χ4n) is 5.86. The average Bonchev–Trinajstić information content (AvgIpc) is 2.71. The zero-order valence-electron chi connectivity index (χ0n) is 12.4. The van der Waals surface area contributed by atoms with Gasteiger partial charge in [0.2, 0.25) is 11.6 Å². The van der Waals surface area contributed by atoms with E-state index in [1.54, 1.807) is 6.08 Å². The first-order chi connectivity index (χ1) is 9.61. The zero-order valence-corrected chi connectivity index (χ0v) is 12.4. The SMILES string of the molecule is C[C@]12CC[C@H]3[C@@H](CCC4CCCC[C@@H]43)C1=CC(=O)C2=O. The van der Waals surface area contributed by atoms with Gasteiger partial charge in [-0.1, -0.05) is 19.3 Å². The molecule has 0 aromatic heterocycles. The third-order valence-electron chi connectivity index (χ3n) is 6.91. The Morgan fingerprint density at radius 2 is 1.80 bits per heavy atom. The summed E-state index contributed by atoms with van der Waals surface area (Å²) < 4.78 is 0. The van der Waals surface area contributed by atoms with Crippen molar-refractivity contribution in [2.75, 3.05) is 0 Å². The average molecular weight is 272 g/mol. The Morgan fingerprint density at radius 1 is 1.00 bits per heavy atom. The lowest BCUT2D eigenvalue weighted by atomic mass is 9.52. The maximum absolute atomic E-state index is 12.2. The number of carbonyl (C=O) groups is 2. The second-order valence-electron chi connectivity index (χ2n) is 7.72. The fourth-order valence-corrected chi connectivity index (χ4v) is 5.86. The van der Waals surface area contributed by atoms with Gasteiger partial charge in [-0.15, -0.1) is 0 Å². The van der Waals surface area contributed by atoms with Gasteiger partial charge in [0.25, 0.3) is 0 Å². The Morgan fingerprint density at radius 3 is 2.65 bits per heavy atom. The monoisotopic (exact) mass is 272 g/mol. The first-order valence-electron chi connectivity index (χ1n) is 8.42. The van der Waals surface area contributed by atoms with Crippen LogP contribution in [-0.4, -0.2) is 11.6 Å². The van der Waals surface area contributed by atoms with Crippen molar-refractivity contribution in [3.63, 3.8) is 0 Å². The van der Waals surface area contributed by atoms with Crippen molar-refractivity contribution in [3.8, 4) is 0 Å². The van der Waals surface area contributed by atoms with Crippen molar-refractivity contribution >= 4 is 11.6 Å². The highest BCUT2D eigenvalue weighted by Gasteiger charge is 2.55. The third-order valence-corrected chi connectivity index (χ3v) is 6.91. The molecule has 2 nitrogen and oxygen atoms in total. The van der Waals surface area contributed by atoms with Crippen LogP contribution in [0.3, 0.4) is 0 Å². The molecule has 4 rings (SSSR count). The predicted octanol–water partition coefficient (Wildman–Crippen LogP) is 3.70. The number of hydrogen-bond acceptors (Lipinski definition) is 2. The number of carbonyl (C=O) groups excluding carboxylic acids is 2. The van der Waals surface area contributed by atoms with Gasteiger partial charge in [-0.3, -0.25) is 9.59 Å². The molecule has 0 N–H and O–H groups in total. The van der Waals surface area contributed by atoms with E-state index in [9.17, 15) is 9.59 Å². The van der Waals surface area contributed by atoms with Gasteiger partial charge in [0.05, 0.1) is 5.41 Å². The number of hydrogen-bond donors (Lipinski definition) is 0. The molecule has 108 valence electrons. The summed E-state index contributed by atoms with van der Waals surface area (Å²) in [5.74, 6) is 2.74. The van der Waals surface area contributed by atoms with E-state index >= 15 is 0 Å². The molecule has 20 heavy (non-hydrogen) atoms. The van der Waals surface area contributed by atoms with E-state index in [0.717, 1.165) is 24.2 Å². The van der Waals surface area contributed by atoms with Gasteiger partial charge in [0, 0.05) is 0 Å². The molecule has 0 bridgehead atoms. The minimum atomic E-state index is -0.431. The Hall–Kier alpha value is -0.920. The van der Waals surface area contributed by atoms with Crippen LogP contribution in [-0.2, 0) is 9.59 Å². The molecular formula is C18H24O2. The van der Waals surface area contributed by atoms with Gasteiger partial charge in [-0.25, -0.2) is 0 Å². The second kappa shape index (κ2) is 4.29. The molecule has 2 heteroatoms. The van der Waals surface area contributed by atoms with Crippen LogP contribution in [0, 0.1) is 29.1 Å². The first-order valence-corrected chi connectivity index (χ1v) is 8.42. The van der Waals surface area contributed by atoms with Crippen LogP contribution >= 0.6 is 0 Å². The molecule has 4 aliphatic carbocycles. The van der Waals surface area contributed by atoms with E-state index in [1.807, 2.05) is 6.92 Å². The molecule has 0 amide bonds. The molecule has 0 radical (unpaired) electrons. The molecule has 4 aliphatic rings. The topological polar surface area (TPSA) is 34.1 Å². The molecule has 0 aliphatic heterocycles. The molecule has 0 aromatic rings. The number of allylic oxidation sites excluding steroid dienone is 2. The summed E-state index contributed by atoms with van der Waals surface area (Å²) in [5, 5.41) is 0. The van der Waals surface area contributed by atoms with Crippen LogP contribution in [0.1, 0.15) is 58.3 Å². The highest BCUT2D eigenvalue weighted by molar-refractivity contribution is 6.46. The van der Waals surface area contributed by atoms with Gasteiger partial charge < -0.3 is 0 Å². The molecule has 0 aromatic carbocycles. The maximum Gasteiger partial charge on any atom is 0.222 e. The van der Waals surface area contributed by atoms with Crippen molar-refractivity contribution in [1.82, 2.24) is 0 Å². The van der Waals surface area contributed by atoms with Gasteiger partial charge in [0.15, 0.2) is 0 Å². The number of fused-ring (bicyclic) bond motifs is 5. The van der Waals surface area contributed by atoms with Crippen molar-refractivity contribution in [3.05, 3.63) is 11.6 Å². The number of Topliss-reactive ketones (excluding diaryl/α,β-unsaturated/α-hetero) is 1. The predicted molar refractivity (Wildman–Crippen MR) is 77.1 cm³/mol. The standard InChI is InChI=1S/C18H24O2/c1-18-9-8-13-12-5-3-2-4-11(12)6-7-14(13)15(18)10-16(19)17(18)20/h10-14H,2-9H2,1H3/t11?,12-,13+,14+,18-/m0/s1. The lowest BCUT2D eigenvalue weighted by molar-refractivity contribution is -0.138. The van der Waals surface area contributed by atoms with E-state index < -0.39 is 5.41 Å². The van der Waals surface area contributed by atoms with E-state index in [2.05, 4.69) is 0 Å². The van der Waals surface area contributed by atoms with Crippen molar-refractivity contribution in [2.45, 2.75) is 58.3 Å². The fraction of sp³-hybridized carbons (Fsp3) is 0.778. The van der Waals surface area contributed by atoms with E-state index in [1.165, 1.54) is 50.5 Å². The van der Waals surface area contributed by atoms with Gasteiger partial charge in [0.1, 0.15) is 0 Å². The van der Waals surface area contributed by atoms with E-state index in [0.29, 0.717) is 5.92 Å². The molecule has 1 unspecified atom stereocenters.